The zero-order chi connectivity index (χ0) is 38.5. The first-order valence-corrected chi connectivity index (χ1v) is 18.1. The van der Waals surface area contributed by atoms with Crippen LogP contribution in [-0.4, -0.2) is 59.6 Å². The number of aryl methyl sites for hydroxylation is 2. The van der Waals surface area contributed by atoms with Gasteiger partial charge < -0.3 is 4.48 Å². The van der Waals surface area contributed by atoms with Gasteiger partial charge in [-0.3, -0.25) is 19.0 Å². The van der Waals surface area contributed by atoms with Crippen LogP contribution in [0, 0.1) is 19.8 Å². The fraction of sp³-hybridized carbons (Fsp3) is 0.156. The van der Waals surface area contributed by atoms with Crippen LogP contribution in [0.15, 0.2) is 125 Å². The van der Waals surface area contributed by atoms with Crippen molar-refractivity contribution in [3.8, 4) is 0 Å². The van der Waals surface area contributed by atoms with Crippen molar-refractivity contribution in [2.24, 2.45) is 10.1 Å². The fourth-order valence-electron chi connectivity index (χ4n) is 7.88. The van der Waals surface area contributed by atoms with Crippen LogP contribution in [0.4, 0.5) is 13.4 Å². The first-order chi connectivity index (χ1) is 26.5. The fourth-order valence-corrected chi connectivity index (χ4v) is 7.88. The molecule has 3 aliphatic rings. The number of nitrogens with zero attached hydrogens (tertiary/aromatic N) is 5. The molecule has 1 aromatic heterocycles. The predicted octanol–water partition coefficient (Wildman–Crippen LogP) is 5.85. The van der Waals surface area contributed by atoms with E-state index in [1.165, 1.54) is 10.0 Å². The van der Waals surface area contributed by atoms with E-state index in [4.69, 9.17) is 4.99 Å². The van der Waals surface area contributed by atoms with Gasteiger partial charge in [-0.05, 0) is 101 Å². The molecule has 0 saturated carbocycles. The Morgan fingerprint density at radius 2 is 1.44 bits per heavy atom. The number of nitrogens with one attached hydrogen (secondary N) is 1. The summed E-state index contributed by atoms with van der Waals surface area (Å²) in [6.07, 6.45) is 10.2. The van der Waals surface area contributed by atoms with Crippen molar-refractivity contribution < 1.29 is 13.4 Å². The van der Waals surface area contributed by atoms with E-state index in [-0.39, 0.29) is 12.1 Å². The molecular weight excluding hydrogens is 689 g/mol. The highest BCUT2D eigenvalue weighted by atomic mass is 19.2. The molecule has 0 saturated heterocycles. The number of benzene rings is 4. The molecule has 7 nitrogen and oxygen atoms in total. The highest BCUT2D eigenvalue weighted by Gasteiger charge is 2.31. The first kappa shape index (κ1) is 35.6. The number of hydrazone groups is 1. The van der Waals surface area contributed by atoms with E-state index in [0.717, 1.165) is 80.8 Å². The maximum absolute atomic E-state index is 14.5. The summed E-state index contributed by atoms with van der Waals surface area (Å²) in [6, 6.07) is 25.7. The summed E-state index contributed by atoms with van der Waals surface area (Å²) in [6.45, 7) is 7.54. The van der Waals surface area contributed by atoms with Gasteiger partial charge in [0.15, 0.2) is 5.84 Å². The molecule has 1 aliphatic carbocycles. The van der Waals surface area contributed by atoms with Crippen LogP contribution in [-0.2, 0) is 0 Å². The van der Waals surface area contributed by atoms with Gasteiger partial charge in [-0.15, -0.1) is 0 Å². The van der Waals surface area contributed by atoms with Gasteiger partial charge in [0.05, 0.1) is 12.0 Å². The van der Waals surface area contributed by atoms with E-state index < -0.39 is 7.40 Å². The number of amides is 2. The Balaban J connectivity index is 1.32. The van der Waals surface area contributed by atoms with Gasteiger partial charge in [0, 0.05) is 47.2 Å². The minimum absolute atomic E-state index is 0.243. The van der Waals surface area contributed by atoms with Gasteiger partial charge >= 0.3 is 13.4 Å². The van der Waals surface area contributed by atoms with Gasteiger partial charge in [-0.2, -0.15) is 5.10 Å². The summed E-state index contributed by atoms with van der Waals surface area (Å²) in [7, 11) is 0.619. The van der Waals surface area contributed by atoms with E-state index in [0.29, 0.717) is 17.2 Å². The Bertz CT molecular complexity index is 2820. The van der Waals surface area contributed by atoms with Crippen molar-refractivity contribution >= 4 is 69.1 Å². The van der Waals surface area contributed by atoms with Crippen LogP contribution in [0.3, 0.4) is 0 Å². The van der Waals surface area contributed by atoms with Gasteiger partial charge in [0.2, 0.25) is 0 Å². The van der Waals surface area contributed by atoms with Crippen molar-refractivity contribution in [3.63, 3.8) is 0 Å². The standard InChI is InChI=1S/C45H38BF2N6O/c1-27-25-29(3)49-42(27)41(43-28(2)26-30(4)54(43)46(47)48)33-18-15-31(16-19-33)17-24-37-35-11-7-9-13-38(35)40(39-14-10-8-12-36(37)39)32-20-22-34(23-21-32)44-50-52(5)45(55)53(6)51-44/h7-16,18-23,25-26,42H,1-6H3,(H,50,51). The molecule has 2 amide bonds. The summed E-state index contributed by atoms with van der Waals surface area (Å²) in [4.78, 5) is 17.1. The van der Waals surface area contributed by atoms with Gasteiger partial charge in [0.1, 0.15) is 0 Å². The number of hydrogen-bond acceptors (Lipinski definition) is 4. The lowest BCUT2D eigenvalue weighted by molar-refractivity contribution is 0.157. The van der Waals surface area contributed by atoms with Gasteiger partial charge in [0.25, 0.3) is 0 Å². The molecule has 1 atom stereocenters. The second kappa shape index (κ2) is 14.1. The topological polar surface area (TPSA) is 65.2 Å². The zero-order valence-corrected chi connectivity index (χ0v) is 31.4. The maximum atomic E-state index is 14.5. The average Bonchev–Trinajstić information content (AvgIpc) is 3.67. The number of aromatic nitrogens is 1. The lowest BCUT2D eigenvalue weighted by atomic mass is 9.92. The van der Waals surface area contributed by atoms with Crippen LogP contribution in [0.5, 0.6) is 0 Å². The highest BCUT2D eigenvalue weighted by Crippen LogP contribution is 2.32. The Labute approximate surface area is 318 Å². The lowest BCUT2D eigenvalue weighted by Crippen LogP contribution is -2.53. The molecule has 0 spiro atoms. The normalized spacial score (nSPS) is 16.9. The molecule has 3 heterocycles. The molecule has 1 unspecified atom stereocenters. The Hall–Kier alpha value is -6.47. The van der Waals surface area contributed by atoms with E-state index in [2.05, 4.69) is 58.4 Å². The molecule has 1 N–H and O–H groups in total. The number of urea groups is 1. The SMILES string of the molecule is CC1=CC(C)=NC1C(c1c(C)cc(C)n1B(F)F)=c1ccc(=C=C=c2c3ccccc3c(=C3C=C[C](C4=NN(C)C(=O)N(C)N4)C=C3)c3ccccc23)cc1. The molecule has 271 valence electrons. The lowest BCUT2D eigenvalue weighted by Gasteiger charge is -2.31. The van der Waals surface area contributed by atoms with Crippen molar-refractivity contribution in [2.45, 2.75) is 33.7 Å². The molecule has 0 fully saturated rings. The third-order valence-electron chi connectivity index (χ3n) is 10.3. The molecular formula is C45H38BF2N6O. The van der Waals surface area contributed by atoms with Crippen LogP contribution in [0.2, 0.25) is 0 Å². The van der Waals surface area contributed by atoms with Crippen molar-refractivity contribution in [3.05, 3.63) is 159 Å². The number of rotatable bonds is 4. The Morgan fingerprint density at radius 1 is 0.818 bits per heavy atom. The number of fused-ring (bicyclic) bond motifs is 2. The monoisotopic (exact) mass is 727 g/mol. The third kappa shape index (κ3) is 6.36. The summed E-state index contributed by atoms with van der Waals surface area (Å²) in [5.41, 5.74) is 15.5. The summed E-state index contributed by atoms with van der Waals surface area (Å²) < 4.78 is 30.1. The van der Waals surface area contributed by atoms with Crippen LogP contribution in [0.1, 0.15) is 30.8 Å². The predicted molar refractivity (Wildman–Crippen MR) is 220 cm³/mol. The quantitative estimate of drug-likeness (QED) is 0.187. The number of amidine groups is 1. The number of halogens is 2. The van der Waals surface area contributed by atoms with Gasteiger partial charge in [-0.25, -0.2) is 14.8 Å². The third-order valence-corrected chi connectivity index (χ3v) is 10.3. The van der Waals surface area contributed by atoms with Gasteiger partial charge in [-0.1, -0.05) is 96.4 Å². The minimum atomic E-state index is -2.68. The second-order valence-electron chi connectivity index (χ2n) is 14.1. The van der Waals surface area contributed by atoms with Crippen molar-refractivity contribution in [2.75, 3.05) is 14.1 Å². The molecule has 55 heavy (non-hydrogen) atoms. The molecule has 10 heteroatoms. The molecule has 1 radical (unpaired) electrons. The Morgan fingerprint density at radius 3 is 2.00 bits per heavy atom. The maximum Gasteiger partial charge on any atom is 0.677 e. The average molecular weight is 728 g/mol. The van der Waals surface area contributed by atoms with Crippen molar-refractivity contribution in [1.82, 2.24) is 19.9 Å². The summed E-state index contributed by atoms with van der Waals surface area (Å²) in [5.74, 6) is 1.44. The summed E-state index contributed by atoms with van der Waals surface area (Å²) >= 11 is 0. The number of hydrazine groups is 1. The van der Waals surface area contributed by atoms with Crippen LogP contribution < -0.4 is 26.3 Å². The van der Waals surface area contributed by atoms with E-state index in [9.17, 15) is 13.4 Å². The second-order valence-corrected chi connectivity index (χ2v) is 14.1. The number of allylic oxidation sites excluding steroid dienone is 3. The molecule has 0 bridgehead atoms. The summed E-state index contributed by atoms with van der Waals surface area (Å²) in [5, 5.41) is 15.0. The van der Waals surface area contributed by atoms with Crippen LogP contribution >= 0.6 is 0 Å². The molecule has 8 rings (SSSR count). The Kier molecular flexibility index (Phi) is 9.10. The largest absolute Gasteiger partial charge is 0.677 e. The zero-order valence-electron chi connectivity index (χ0n) is 31.4. The van der Waals surface area contributed by atoms with E-state index in [1.54, 1.807) is 21.0 Å². The molecule has 5 aromatic rings. The smallest absolute Gasteiger partial charge is 0.329 e. The minimum Gasteiger partial charge on any atom is -0.329 e. The number of hydrogen-bond donors (Lipinski definition) is 1. The molecule has 4 aromatic carbocycles. The number of carbonyl (C=O) groups excluding carboxylic acids is 1. The number of carbonyl (C=O) groups is 1. The van der Waals surface area contributed by atoms with Crippen molar-refractivity contribution in [1.29, 1.82) is 0 Å². The first-order valence-electron chi connectivity index (χ1n) is 18.1. The highest BCUT2D eigenvalue weighted by molar-refractivity contribution is 6.41. The number of aliphatic imine (C=N–C) groups is 1. The van der Waals surface area contributed by atoms with Crippen LogP contribution in [0.25, 0.3) is 44.2 Å². The van der Waals surface area contributed by atoms with E-state index in [1.807, 2.05) is 93.6 Å². The van der Waals surface area contributed by atoms with E-state index >= 15 is 0 Å². The molecule has 2 aliphatic heterocycles.